The van der Waals surface area contributed by atoms with Gasteiger partial charge in [-0.15, -0.1) is 0 Å². The van der Waals surface area contributed by atoms with E-state index >= 15 is 0 Å². The first-order valence-corrected chi connectivity index (χ1v) is 8.66. The second-order valence-electron chi connectivity index (χ2n) is 4.87. The minimum absolute atomic E-state index is 0.252. The molecule has 0 saturated carbocycles. The van der Waals surface area contributed by atoms with Gasteiger partial charge in [-0.2, -0.15) is 0 Å². The molecule has 19 heavy (non-hydrogen) atoms. The standard InChI is InChI=1S/C17H25IO/c1-3-4-5-7-15(2)14-19-17-11-9-16(10-12-17)8-6-13-18/h4-5,7,9-11,17H,3,6,8,12-14H2,1-2H3/b5-4-,15-7+. The Hall–Kier alpha value is -0.350. The van der Waals surface area contributed by atoms with Crippen molar-refractivity contribution in [1.82, 2.24) is 0 Å². The molecule has 0 aromatic heterocycles. The van der Waals surface area contributed by atoms with Gasteiger partial charge in [0, 0.05) is 0 Å². The van der Waals surface area contributed by atoms with E-state index < -0.39 is 0 Å². The van der Waals surface area contributed by atoms with E-state index in [2.05, 4.69) is 72.9 Å². The van der Waals surface area contributed by atoms with Gasteiger partial charge in [0.15, 0.2) is 0 Å². The third-order valence-corrected chi connectivity index (χ3v) is 3.78. The molecule has 0 spiro atoms. The minimum atomic E-state index is 0.252. The van der Waals surface area contributed by atoms with Gasteiger partial charge in [0.2, 0.25) is 0 Å². The first-order chi connectivity index (χ1) is 9.26. The van der Waals surface area contributed by atoms with Crippen LogP contribution >= 0.6 is 22.6 Å². The number of hydrogen-bond donors (Lipinski definition) is 0. The molecule has 1 rings (SSSR count). The summed E-state index contributed by atoms with van der Waals surface area (Å²) >= 11 is 2.43. The molecule has 0 bridgehead atoms. The number of halogens is 1. The van der Waals surface area contributed by atoms with E-state index in [1.807, 2.05) is 0 Å². The molecule has 0 fully saturated rings. The zero-order valence-corrected chi connectivity index (χ0v) is 14.2. The van der Waals surface area contributed by atoms with E-state index in [-0.39, 0.29) is 6.10 Å². The van der Waals surface area contributed by atoms with Gasteiger partial charge in [-0.25, -0.2) is 0 Å². The number of hydrogen-bond acceptors (Lipinski definition) is 1. The molecule has 0 aromatic rings. The van der Waals surface area contributed by atoms with Crippen LogP contribution in [0.1, 0.15) is 39.5 Å². The van der Waals surface area contributed by atoms with Gasteiger partial charge in [0.25, 0.3) is 0 Å². The molecule has 0 radical (unpaired) electrons. The quantitative estimate of drug-likeness (QED) is 0.316. The van der Waals surface area contributed by atoms with Crippen molar-refractivity contribution >= 4 is 22.6 Å². The van der Waals surface area contributed by atoms with Crippen molar-refractivity contribution in [2.75, 3.05) is 11.0 Å². The van der Waals surface area contributed by atoms with E-state index in [0.717, 1.165) is 19.4 Å². The van der Waals surface area contributed by atoms with Crippen LogP contribution in [-0.2, 0) is 4.74 Å². The van der Waals surface area contributed by atoms with E-state index in [4.69, 9.17) is 4.74 Å². The molecule has 0 amide bonds. The second-order valence-corrected chi connectivity index (χ2v) is 5.94. The largest absolute Gasteiger partial charge is 0.369 e. The predicted molar refractivity (Wildman–Crippen MR) is 92.9 cm³/mol. The summed E-state index contributed by atoms with van der Waals surface area (Å²) in [5.74, 6) is 0. The van der Waals surface area contributed by atoms with Crippen molar-refractivity contribution in [2.45, 2.75) is 45.6 Å². The lowest BCUT2D eigenvalue weighted by atomic mass is 10.0. The average Bonchev–Trinajstić information content (AvgIpc) is 2.44. The van der Waals surface area contributed by atoms with Crippen LogP contribution in [-0.4, -0.2) is 17.1 Å². The summed E-state index contributed by atoms with van der Waals surface area (Å²) in [5, 5.41) is 0. The third kappa shape index (κ3) is 7.73. The maximum atomic E-state index is 5.89. The molecule has 0 heterocycles. The van der Waals surface area contributed by atoms with Crippen LogP contribution in [0.2, 0.25) is 0 Å². The Morgan fingerprint density at radius 2 is 2.37 bits per heavy atom. The topological polar surface area (TPSA) is 9.23 Å². The van der Waals surface area contributed by atoms with Crippen LogP contribution in [0.25, 0.3) is 0 Å². The molecular weight excluding hydrogens is 347 g/mol. The van der Waals surface area contributed by atoms with Gasteiger partial charge in [-0.1, -0.05) is 71.5 Å². The van der Waals surface area contributed by atoms with E-state index in [1.54, 1.807) is 0 Å². The summed E-state index contributed by atoms with van der Waals surface area (Å²) in [6.07, 6.45) is 18.0. The highest BCUT2D eigenvalue weighted by atomic mass is 127. The van der Waals surface area contributed by atoms with Crippen LogP contribution in [0.4, 0.5) is 0 Å². The van der Waals surface area contributed by atoms with Crippen molar-refractivity contribution < 1.29 is 4.74 Å². The fourth-order valence-corrected chi connectivity index (χ4v) is 2.26. The van der Waals surface area contributed by atoms with E-state index in [9.17, 15) is 0 Å². The Kier molecular flexibility index (Phi) is 9.18. The van der Waals surface area contributed by atoms with Crippen LogP contribution in [0, 0.1) is 0 Å². The molecule has 1 atom stereocenters. The van der Waals surface area contributed by atoms with Crippen molar-refractivity contribution in [2.24, 2.45) is 0 Å². The van der Waals surface area contributed by atoms with E-state index in [0.29, 0.717) is 0 Å². The molecule has 0 aromatic carbocycles. The lowest BCUT2D eigenvalue weighted by molar-refractivity contribution is 0.105. The first-order valence-electron chi connectivity index (χ1n) is 7.13. The normalized spacial score (nSPS) is 20.1. The van der Waals surface area contributed by atoms with Gasteiger partial charge in [0.1, 0.15) is 0 Å². The lowest BCUT2D eigenvalue weighted by Crippen LogP contribution is -2.13. The first kappa shape index (κ1) is 16.7. The summed E-state index contributed by atoms with van der Waals surface area (Å²) in [6.45, 7) is 4.99. The zero-order valence-electron chi connectivity index (χ0n) is 12.1. The van der Waals surface area contributed by atoms with Crippen LogP contribution < -0.4 is 0 Å². The number of ether oxygens (including phenoxy) is 1. The highest BCUT2D eigenvalue weighted by Gasteiger charge is 2.08. The monoisotopic (exact) mass is 372 g/mol. The molecule has 0 aliphatic heterocycles. The lowest BCUT2D eigenvalue weighted by Gasteiger charge is -2.17. The molecule has 0 N–H and O–H groups in total. The SMILES string of the molecule is CC/C=C\C=C(/C)COC1C=CC(CCCI)=CC1. The fourth-order valence-electron chi connectivity index (χ4n) is 1.88. The smallest absolute Gasteiger partial charge is 0.0797 e. The van der Waals surface area contributed by atoms with Crippen molar-refractivity contribution in [3.05, 3.63) is 47.6 Å². The molecule has 0 saturated heterocycles. The van der Waals surface area contributed by atoms with E-state index in [1.165, 1.54) is 28.4 Å². The maximum absolute atomic E-state index is 5.89. The Morgan fingerprint density at radius 3 is 3.00 bits per heavy atom. The summed E-state index contributed by atoms with van der Waals surface area (Å²) in [6, 6.07) is 0. The second kappa shape index (κ2) is 10.4. The summed E-state index contributed by atoms with van der Waals surface area (Å²) in [4.78, 5) is 0. The molecule has 2 heteroatoms. The van der Waals surface area contributed by atoms with Crippen molar-refractivity contribution in [1.29, 1.82) is 0 Å². The number of alkyl halides is 1. The van der Waals surface area contributed by atoms with Gasteiger partial charge in [0.05, 0.1) is 12.7 Å². The zero-order chi connectivity index (χ0) is 13.9. The third-order valence-electron chi connectivity index (χ3n) is 3.01. The Bertz CT molecular complexity index is 363. The molecule has 1 aliphatic rings. The predicted octanol–water partition coefficient (Wildman–Crippen LogP) is 5.39. The Balaban J connectivity index is 2.26. The molecule has 1 aliphatic carbocycles. The highest BCUT2D eigenvalue weighted by molar-refractivity contribution is 14.1. The Morgan fingerprint density at radius 1 is 1.53 bits per heavy atom. The average molecular weight is 372 g/mol. The summed E-state index contributed by atoms with van der Waals surface area (Å²) in [5.41, 5.74) is 2.74. The summed E-state index contributed by atoms with van der Waals surface area (Å²) < 4.78 is 7.13. The number of allylic oxidation sites excluding steroid dienone is 5. The summed E-state index contributed by atoms with van der Waals surface area (Å²) in [7, 11) is 0. The number of rotatable bonds is 8. The van der Waals surface area contributed by atoms with Gasteiger partial charge < -0.3 is 4.74 Å². The van der Waals surface area contributed by atoms with Crippen LogP contribution in [0.15, 0.2) is 47.6 Å². The molecule has 106 valence electrons. The Labute approximate surface area is 131 Å². The van der Waals surface area contributed by atoms with Gasteiger partial charge in [-0.05, 0) is 42.6 Å². The van der Waals surface area contributed by atoms with Gasteiger partial charge >= 0.3 is 0 Å². The minimum Gasteiger partial charge on any atom is -0.369 e. The maximum Gasteiger partial charge on any atom is 0.0797 e. The molecule has 1 unspecified atom stereocenters. The molecular formula is C17H25IO. The fraction of sp³-hybridized carbons (Fsp3) is 0.529. The van der Waals surface area contributed by atoms with Gasteiger partial charge in [-0.3, -0.25) is 0 Å². The van der Waals surface area contributed by atoms with Crippen LogP contribution in [0.3, 0.4) is 0 Å². The highest BCUT2D eigenvalue weighted by Crippen LogP contribution is 2.18. The van der Waals surface area contributed by atoms with Crippen LogP contribution in [0.5, 0.6) is 0 Å². The van der Waals surface area contributed by atoms with Crippen molar-refractivity contribution in [3.8, 4) is 0 Å². The van der Waals surface area contributed by atoms with Crippen molar-refractivity contribution in [3.63, 3.8) is 0 Å². The molecule has 1 nitrogen and oxygen atoms in total.